The Balaban J connectivity index is 1.62. The molecule has 2 saturated carbocycles. The minimum atomic E-state index is -0.0966. The second kappa shape index (κ2) is 4.33. The van der Waals surface area contributed by atoms with Gasteiger partial charge in [0.1, 0.15) is 6.54 Å². The van der Waals surface area contributed by atoms with Gasteiger partial charge in [0.25, 0.3) is 0 Å². The molecule has 1 heterocycles. The smallest absolute Gasteiger partial charge is 0.244 e. The van der Waals surface area contributed by atoms with Gasteiger partial charge in [0.05, 0.1) is 11.4 Å². The summed E-state index contributed by atoms with van der Waals surface area (Å²) in [6.07, 6.45) is 4.87. The lowest BCUT2D eigenvalue weighted by atomic mass is 10.0. The maximum Gasteiger partial charge on any atom is 0.244 e. The fourth-order valence-corrected chi connectivity index (χ4v) is 3.97. The highest BCUT2D eigenvalue weighted by Gasteiger charge is 2.56. The number of rotatable bonds is 1. The van der Waals surface area contributed by atoms with Gasteiger partial charge in [0.2, 0.25) is 11.8 Å². The highest BCUT2D eigenvalue weighted by molar-refractivity contribution is 6.11. The average molecular weight is 270 g/mol. The molecule has 0 bridgehead atoms. The minimum Gasteiger partial charge on any atom is -0.323 e. The summed E-state index contributed by atoms with van der Waals surface area (Å²) in [4.78, 5) is 26.3. The fourth-order valence-electron chi connectivity index (χ4n) is 3.97. The minimum absolute atomic E-state index is 0.0966. The van der Waals surface area contributed by atoms with Gasteiger partial charge in [-0.15, -0.1) is 0 Å². The van der Waals surface area contributed by atoms with Gasteiger partial charge in [-0.3, -0.25) is 9.59 Å². The average Bonchev–Trinajstić information content (AvgIpc) is 3.20. The lowest BCUT2D eigenvalue weighted by Crippen LogP contribution is -2.43. The molecule has 20 heavy (non-hydrogen) atoms. The quantitative estimate of drug-likeness (QED) is 0.852. The first kappa shape index (κ1) is 11.9. The fraction of sp³-hybridized carbons (Fsp3) is 0.500. The molecule has 1 aromatic carbocycles. The van der Waals surface area contributed by atoms with Crippen LogP contribution in [0.15, 0.2) is 24.3 Å². The van der Waals surface area contributed by atoms with Crippen molar-refractivity contribution in [1.82, 2.24) is 0 Å². The standard InChI is InChI=1S/C16H18N2O2/c19-14-9-18(13-8-4-3-7-12(13)17-14)16(20)15-10-5-1-2-6-11(10)15/h3-4,7-8,10-11,15H,1-2,5-6,9H2,(H,17,19). The van der Waals surface area contributed by atoms with Crippen LogP contribution in [0.1, 0.15) is 25.7 Å². The van der Waals surface area contributed by atoms with E-state index in [9.17, 15) is 9.59 Å². The van der Waals surface area contributed by atoms with E-state index in [1.165, 1.54) is 25.7 Å². The Morgan fingerprint density at radius 1 is 1.15 bits per heavy atom. The largest absolute Gasteiger partial charge is 0.323 e. The number of hydrogen-bond acceptors (Lipinski definition) is 2. The molecule has 2 unspecified atom stereocenters. The van der Waals surface area contributed by atoms with Crippen molar-refractivity contribution >= 4 is 23.2 Å². The summed E-state index contributed by atoms with van der Waals surface area (Å²) in [6.45, 7) is 0.159. The number of carbonyl (C=O) groups excluding carboxylic acids is 2. The van der Waals surface area contributed by atoms with E-state index in [1.54, 1.807) is 4.90 Å². The van der Waals surface area contributed by atoms with E-state index in [4.69, 9.17) is 0 Å². The van der Waals surface area contributed by atoms with Crippen molar-refractivity contribution in [2.24, 2.45) is 17.8 Å². The lowest BCUT2D eigenvalue weighted by molar-refractivity contribution is -0.123. The molecule has 1 aliphatic heterocycles. The van der Waals surface area contributed by atoms with Crippen LogP contribution in [0.25, 0.3) is 0 Å². The Kier molecular flexibility index (Phi) is 2.59. The molecule has 2 atom stereocenters. The topological polar surface area (TPSA) is 49.4 Å². The predicted octanol–water partition coefficient (Wildman–Crippen LogP) is 2.41. The highest BCUT2D eigenvalue weighted by Crippen LogP contribution is 2.56. The van der Waals surface area contributed by atoms with Crippen molar-refractivity contribution in [3.8, 4) is 0 Å². The molecule has 4 nitrogen and oxygen atoms in total. The second-order valence-corrected chi connectivity index (χ2v) is 6.13. The third-order valence-electron chi connectivity index (χ3n) is 4.98. The van der Waals surface area contributed by atoms with E-state index >= 15 is 0 Å². The Morgan fingerprint density at radius 3 is 2.60 bits per heavy atom. The zero-order valence-corrected chi connectivity index (χ0v) is 11.3. The van der Waals surface area contributed by atoms with Crippen LogP contribution in [0.2, 0.25) is 0 Å². The van der Waals surface area contributed by atoms with E-state index in [-0.39, 0.29) is 24.3 Å². The van der Waals surface area contributed by atoms with E-state index in [0.717, 1.165) is 11.4 Å². The summed E-state index contributed by atoms with van der Waals surface area (Å²) in [5.74, 6) is 1.38. The molecule has 1 aromatic rings. The van der Waals surface area contributed by atoms with Crippen molar-refractivity contribution in [3.05, 3.63) is 24.3 Å². The van der Waals surface area contributed by atoms with E-state index in [0.29, 0.717) is 11.8 Å². The van der Waals surface area contributed by atoms with Gasteiger partial charge in [-0.2, -0.15) is 0 Å². The summed E-state index contributed by atoms with van der Waals surface area (Å²) in [6, 6.07) is 7.56. The van der Waals surface area contributed by atoms with E-state index in [2.05, 4.69) is 5.32 Å². The lowest BCUT2D eigenvalue weighted by Gasteiger charge is -2.29. The summed E-state index contributed by atoms with van der Waals surface area (Å²) in [7, 11) is 0. The summed E-state index contributed by atoms with van der Waals surface area (Å²) >= 11 is 0. The third-order valence-corrected chi connectivity index (χ3v) is 4.98. The van der Waals surface area contributed by atoms with Gasteiger partial charge in [0.15, 0.2) is 0 Å². The maximum atomic E-state index is 12.8. The molecule has 0 saturated heterocycles. The number of nitrogens with one attached hydrogen (secondary N) is 1. The van der Waals surface area contributed by atoms with Crippen LogP contribution in [0.4, 0.5) is 11.4 Å². The molecule has 2 amide bonds. The van der Waals surface area contributed by atoms with E-state index in [1.807, 2.05) is 24.3 Å². The zero-order valence-electron chi connectivity index (χ0n) is 11.3. The molecular weight excluding hydrogens is 252 g/mol. The van der Waals surface area contributed by atoms with Gasteiger partial charge in [-0.1, -0.05) is 25.0 Å². The maximum absolute atomic E-state index is 12.8. The van der Waals surface area contributed by atoms with Crippen molar-refractivity contribution < 1.29 is 9.59 Å². The van der Waals surface area contributed by atoms with Gasteiger partial charge in [-0.05, 0) is 36.8 Å². The molecule has 2 fully saturated rings. The number of amides is 2. The second-order valence-electron chi connectivity index (χ2n) is 6.13. The number of fused-ring (bicyclic) bond motifs is 2. The van der Waals surface area contributed by atoms with Gasteiger partial charge < -0.3 is 10.2 Å². The highest BCUT2D eigenvalue weighted by atomic mass is 16.2. The molecular formula is C16H18N2O2. The van der Waals surface area contributed by atoms with Crippen molar-refractivity contribution in [2.75, 3.05) is 16.8 Å². The van der Waals surface area contributed by atoms with Crippen LogP contribution in [0, 0.1) is 17.8 Å². The van der Waals surface area contributed by atoms with Crippen molar-refractivity contribution in [3.63, 3.8) is 0 Å². The third kappa shape index (κ3) is 1.74. The van der Waals surface area contributed by atoms with Crippen LogP contribution in [0.3, 0.4) is 0 Å². The number of carbonyl (C=O) groups is 2. The van der Waals surface area contributed by atoms with Crippen LogP contribution in [0.5, 0.6) is 0 Å². The Hall–Kier alpha value is -1.84. The van der Waals surface area contributed by atoms with Crippen LogP contribution in [-0.4, -0.2) is 18.4 Å². The van der Waals surface area contributed by atoms with Crippen LogP contribution < -0.4 is 10.2 Å². The van der Waals surface area contributed by atoms with E-state index < -0.39 is 0 Å². The molecule has 4 heteroatoms. The Morgan fingerprint density at radius 2 is 1.85 bits per heavy atom. The van der Waals surface area contributed by atoms with Crippen molar-refractivity contribution in [1.29, 1.82) is 0 Å². The molecule has 2 aliphatic carbocycles. The molecule has 0 spiro atoms. The number of benzene rings is 1. The normalized spacial score (nSPS) is 31.1. The summed E-state index contributed by atoms with van der Waals surface area (Å²) in [5, 5.41) is 2.83. The Bertz CT molecular complexity index is 572. The predicted molar refractivity (Wildman–Crippen MR) is 76.4 cm³/mol. The first-order chi connectivity index (χ1) is 9.75. The number of anilines is 2. The Labute approximate surface area is 118 Å². The van der Waals surface area contributed by atoms with Crippen LogP contribution in [-0.2, 0) is 9.59 Å². The molecule has 0 aromatic heterocycles. The number of hydrogen-bond donors (Lipinski definition) is 1. The van der Waals surface area contributed by atoms with Crippen LogP contribution >= 0.6 is 0 Å². The number of nitrogens with zero attached hydrogens (tertiary/aromatic N) is 1. The molecule has 104 valence electrons. The molecule has 4 rings (SSSR count). The molecule has 3 aliphatic rings. The SMILES string of the molecule is O=C1CN(C(=O)C2C3CCCCC32)c2ccccc2N1. The monoisotopic (exact) mass is 270 g/mol. The number of para-hydroxylation sites is 2. The van der Waals surface area contributed by atoms with Gasteiger partial charge >= 0.3 is 0 Å². The first-order valence-electron chi connectivity index (χ1n) is 7.46. The summed E-state index contributed by atoms with van der Waals surface area (Å²) in [5.41, 5.74) is 1.60. The molecule has 1 N–H and O–H groups in total. The summed E-state index contributed by atoms with van der Waals surface area (Å²) < 4.78 is 0. The first-order valence-corrected chi connectivity index (χ1v) is 7.46. The zero-order chi connectivity index (χ0) is 13.7. The van der Waals surface area contributed by atoms with Crippen molar-refractivity contribution in [2.45, 2.75) is 25.7 Å². The van der Waals surface area contributed by atoms with Gasteiger partial charge in [-0.25, -0.2) is 0 Å². The van der Waals surface area contributed by atoms with Gasteiger partial charge in [0, 0.05) is 5.92 Å². The molecule has 0 radical (unpaired) electrons.